The molecule has 4 nitrogen and oxygen atoms in total. The fourth-order valence-corrected chi connectivity index (χ4v) is 3.12. The summed E-state index contributed by atoms with van der Waals surface area (Å²) in [6.45, 7) is 5.43. The molecule has 1 aromatic heterocycles. The van der Waals surface area contributed by atoms with Gasteiger partial charge >= 0.3 is 0 Å². The summed E-state index contributed by atoms with van der Waals surface area (Å²) >= 11 is 0. The number of nitrogens with zero attached hydrogens (tertiary/aromatic N) is 3. The van der Waals surface area contributed by atoms with Gasteiger partial charge in [-0.25, -0.2) is 4.98 Å². The van der Waals surface area contributed by atoms with Gasteiger partial charge in [-0.05, 0) is 44.0 Å². The number of piperazine rings is 1. The lowest BCUT2D eigenvalue weighted by Crippen LogP contribution is -2.50. The van der Waals surface area contributed by atoms with Gasteiger partial charge < -0.3 is 10.6 Å². The molecule has 0 amide bonds. The molecule has 98 valence electrons. The van der Waals surface area contributed by atoms with Crippen LogP contribution in [0.3, 0.4) is 0 Å². The first-order chi connectivity index (χ1) is 8.86. The summed E-state index contributed by atoms with van der Waals surface area (Å²) < 4.78 is 0. The topological polar surface area (TPSA) is 45.4 Å². The van der Waals surface area contributed by atoms with Crippen LogP contribution in [0.2, 0.25) is 0 Å². The zero-order valence-corrected chi connectivity index (χ0v) is 10.9. The molecular formula is C14H22N4. The molecule has 1 aromatic rings. The van der Waals surface area contributed by atoms with Gasteiger partial charge in [-0.2, -0.15) is 0 Å². The van der Waals surface area contributed by atoms with E-state index in [1.807, 2.05) is 6.20 Å². The number of rotatable bonds is 3. The fraction of sp³-hybridized carbons (Fsp3) is 0.643. The van der Waals surface area contributed by atoms with E-state index in [-0.39, 0.29) is 0 Å². The average Bonchev–Trinajstić information content (AvgIpc) is 2.87. The van der Waals surface area contributed by atoms with Gasteiger partial charge in [0.2, 0.25) is 0 Å². The first-order valence-electron chi connectivity index (χ1n) is 7.01. The second kappa shape index (κ2) is 5.24. The van der Waals surface area contributed by atoms with Crippen molar-refractivity contribution in [1.29, 1.82) is 0 Å². The highest BCUT2D eigenvalue weighted by atomic mass is 15.3. The van der Waals surface area contributed by atoms with Gasteiger partial charge in [0, 0.05) is 31.9 Å². The van der Waals surface area contributed by atoms with Crippen molar-refractivity contribution >= 4 is 5.82 Å². The largest absolute Gasteiger partial charge is 0.354 e. The molecular weight excluding hydrogens is 224 g/mol. The number of hydrogen-bond acceptors (Lipinski definition) is 4. The van der Waals surface area contributed by atoms with Crippen molar-refractivity contribution in [2.75, 3.05) is 37.6 Å². The molecule has 0 radical (unpaired) electrons. The summed E-state index contributed by atoms with van der Waals surface area (Å²) in [6.07, 6.45) is 5.61. The van der Waals surface area contributed by atoms with Crippen molar-refractivity contribution < 1.29 is 0 Å². The van der Waals surface area contributed by atoms with E-state index in [0.29, 0.717) is 6.54 Å². The molecule has 0 aromatic carbocycles. The second-order valence-electron chi connectivity index (χ2n) is 5.34. The van der Waals surface area contributed by atoms with Gasteiger partial charge in [-0.1, -0.05) is 6.07 Å². The molecule has 3 rings (SSSR count). The number of anilines is 1. The summed E-state index contributed by atoms with van der Waals surface area (Å²) in [4.78, 5) is 9.64. The molecule has 1 unspecified atom stereocenters. The van der Waals surface area contributed by atoms with Crippen LogP contribution in [0.5, 0.6) is 0 Å². The molecule has 2 aliphatic heterocycles. The first kappa shape index (κ1) is 11.9. The van der Waals surface area contributed by atoms with Gasteiger partial charge in [-0.3, -0.25) is 4.90 Å². The molecule has 18 heavy (non-hydrogen) atoms. The number of pyridine rings is 1. The van der Waals surface area contributed by atoms with Crippen molar-refractivity contribution in [2.24, 2.45) is 5.73 Å². The van der Waals surface area contributed by atoms with Crippen LogP contribution in [0.4, 0.5) is 5.82 Å². The van der Waals surface area contributed by atoms with Crippen LogP contribution in [-0.2, 0) is 6.42 Å². The van der Waals surface area contributed by atoms with Gasteiger partial charge in [0.15, 0.2) is 0 Å². The zero-order chi connectivity index (χ0) is 12.4. The van der Waals surface area contributed by atoms with Crippen LogP contribution in [0.15, 0.2) is 18.3 Å². The molecule has 4 heteroatoms. The summed E-state index contributed by atoms with van der Waals surface area (Å²) in [5.41, 5.74) is 6.79. The normalized spacial score (nSPS) is 24.3. The lowest BCUT2D eigenvalue weighted by molar-refractivity contribution is 0.230. The van der Waals surface area contributed by atoms with E-state index in [4.69, 9.17) is 5.73 Å². The predicted octanol–water partition coefficient (Wildman–Crippen LogP) is 0.867. The molecule has 1 atom stereocenters. The van der Waals surface area contributed by atoms with Gasteiger partial charge in [0.05, 0.1) is 0 Å². The molecule has 2 saturated heterocycles. The Morgan fingerprint density at radius 1 is 1.28 bits per heavy atom. The maximum atomic E-state index is 5.56. The third-order valence-corrected chi connectivity index (χ3v) is 4.15. The lowest BCUT2D eigenvalue weighted by Gasteiger charge is -2.38. The Morgan fingerprint density at radius 3 is 3.00 bits per heavy atom. The zero-order valence-electron chi connectivity index (χ0n) is 10.9. The summed E-state index contributed by atoms with van der Waals surface area (Å²) in [5.74, 6) is 1.13. The average molecular weight is 246 g/mol. The first-order valence-corrected chi connectivity index (χ1v) is 7.01. The van der Waals surface area contributed by atoms with E-state index in [1.54, 1.807) is 0 Å². The summed E-state index contributed by atoms with van der Waals surface area (Å²) in [5, 5.41) is 0. The Hall–Kier alpha value is -1.13. The summed E-state index contributed by atoms with van der Waals surface area (Å²) in [6, 6.07) is 5.07. The number of fused-ring (bicyclic) bond motifs is 1. The smallest absolute Gasteiger partial charge is 0.128 e. The Labute approximate surface area is 109 Å². The highest BCUT2D eigenvalue weighted by molar-refractivity contribution is 5.40. The van der Waals surface area contributed by atoms with Crippen LogP contribution in [0, 0.1) is 0 Å². The van der Waals surface area contributed by atoms with Crippen molar-refractivity contribution in [3.63, 3.8) is 0 Å². The SMILES string of the molecule is NCCc1ccc(N2CCN3CCCC3C2)nc1. The van der Waals surface area contributed by atoms with E-state index in [1.165, 1.54) is 31.5 Å². The van der Waals surface area contributed by atoms with E-state index in [9.17, 15) is 0 Å². The maximum Gasteiger partial charge on any atom is 0.128 e. The van der Waals surface area contributed by atoms with E-state index < -0.39 is 0 Å². The minimum atomic E-state index is 0.696. The standard InChI is InChI=1S/C14H22N4/c15-6-5-12-3-4-14(16-10-12)18-9-8-17-7-1-2-13(17)11-18/h3-4,10,13H,1-2,5-9,11,15H2. The Balaban J connectivity index is 1.67. The van der Waals surface area contributed by atoms with Gasteiger partial charge in [-0.15, -0.1) is 0 Å². The van der Waals surface area contributed by atoms with Crippen LogP contribution in [0.25, 0.3) is 0 Å². The fourth-order valence-electron chi connectivity index (χ4n) is 3.12. The Bertz CT molecular complexity index is 389. The molecule has 0 bridgehead atoms. The molecule has 0 saturated carbocycles. The highest BCUT2D eigenvalue weighted by Crippen LogP contribution is 2.24. The van der Waals surface area contributed by atoms with Crippen LogP contribution >= 0.6 is 0 Å². The molecule has 2 N–H and O–H groups in total. The predicted molar refractivity (Wildman–Crippen MR) is 73.8 cm³/mol. The van der Waals surface area contributed by atoms with Crippen molar-refractivity contribution in [3.05, 3.63) is 23.9 Å². The monoisotopic (exact) mass is 246 g/mol. The maximum absolute atomic E-state index is 5.56. The van der Waals surface area contributed by atoms with Crippen molar-refractivity contribution in [3.8, 4) is 0 Å². The van der Waals surface area contributed by atoms with Crippen molar-refractivity contribution in [1.82, 2.24) is 9.88 Å². The van der Waals surface area contributed by atoms with Crippen LogP contribution in [0.1, 0.15) is 18.4 Å². The quantitative estimate of drug-likeness (QED) is 0.859. The van der Waals surface area contributed by atoms with E-state index in [0.717, 1.165) is 31.4 Å². The van der Waals surface area contributed by atoms with Crippen LogP contribution < -0.4 is 10.6 Å². The molecule has 0 spiro atoms. The highest BCUT2D eigenvalue weighted by Gasteiger charge is 2.30. The Morgan fingerprint density at radius 2 is 2.22 bits per heavy atom. The summed E-state index contributed by atoms with van der Waals surface area (Å²) in [7, 11) is 0. The molecule has 3 heterocycles. The number of nitrogens with two attached hydrogens (primary N) is 1. The van der Waals surface area contributed by atoms with E-state index >= 15 is 0 Å². The third-order valence-electron chi connectivity index (χ3n) is 4.15. The number of hydrogen-bond donors (Lipinski definition) is 1. The minimum absolute atomic E-state index is 0.696. The number of aromatic nitrogens is 1. The van der Waals surface area contributed by atoms with Crippen molar-refractivity contribution in [2.45, 2.75) is 25.3 Å². The molecule has 2 aliphatic rings. The Kier molecular flexibility index (Phi) is 3.48. The molecule has 0 aliphatic carbocycles. The second-order valence-corrected chi connectivity index (χ2v) is 5.34. The molecule has 2 fully saturated rings. The van der Waals surface area contributed by atoms with Gasteiger partial charge in [0.1, 0.15) is 5.82 Å². The van der Waals surface area contributed by atoms with Crippen LogP contribution in [-0.4, -0.2) is 48.6 Å². The third kappa shape index (κ3) is 2.35. The van der Waals surface area contributed by atoms with Gasteiger partial charge in [0.25, 0.3) is 0 Å². The lowest BCUT2D eigenvalue weighted by atomic mass is 10.1. The minimum Gasteiger partial charge on any atom is -0.354 e. The van der Waals surface area contributed by atoms with E-state index in [2.05, 4.69) is 26.9 Å².